The van der Waals surface area contributed by atoms with Gasteiger partial charge in [0, 0.05) is 23.7 Å². The normalized spacial score (nSPS) is 11.2. The van der Waals surface area contributed by atoms with Gasteiger partial charge in [-0.1, -0.05) is 24.3 Å². The van der Waals surface area contributed by atoms with Crippen LogP contribution in [0.3, 0.4) is 0 Å². The molecule has 1 aromatic heterocycles. The van der Waals surface area contributed by atoms with Crippen molar-refractivity contribution in [1.82, 2.24) is 4.98 Å². The van der Waals surface area contributed by atoms with E-state index < -0.39 is 10.0 Å². The summed E-state index contributed by atoms with van der Waals surface area (Å²) in [6.45, 7) is 1.80. The lowest BCUT2D eigenvalue weighted by Gasteiger charge is -2.15. The van der Waals surface area contributed by atoms with Crippen LogP contribution in [0, 0.1) is 6.92 Å². The molecule has 8 nitrogen and oxygen atoms in total. The maximum Gasteiger partial charge on any atom is 0.262 e. The third kappa shape index (κ3) is 5.73. The lowest BCUT2D eigenvalue weighted by atomic mass is 10.1. The number of sulfonamides is 1. The van der Waals surface area contributed by atoms with Gasteiger partial charge >= 0.3 is 0 Å². The van der Waals surface area contributed by atoms with Gasteiger partial charge in [-0.2, -0.15) is 0 Å². The van der Waals surface area contributed by atoms with Crippen LogP contribution in [0.1, 0.15) is 5.56 Å². The Labute approximate surface area is 226 Å². The number of nitrogens with zero attached hydrogens (tertiary/aromatic N) is 1. The maximum atomic E-state index is 13.2. The number of aryl methyl sites for hydroxylation is 1. The van der Waals surface area contributed by atoms with Crippen LogP contribution in [0.25, 0.3) is 10.9 Å². The summed E-state index contributed by atoms with van der Waals surface area (Å²) in [4.78, 5) is 4.48. The van der Waals surface area contributed by atoms with Crippen LogP contribution < -0.4 is 23.7 Å². The first-order valence-electron chi connectivity index (χ1n) is 12.0. The molecular formula is C30H26N2O6S. The molecule has 0 aliphatic heterocycles. The molecule has 0 aliphatic rings. The van der Waals surface area contributed by atoms with Crippen molar-refractivity contribution in [3.05, 3.63) is 103 Å². The predicted octanol–water partition coefficient (Wildman–Crippen LogP) is 6.95. The summed E-state index contributed by atoms with van der Waals surface area (Å²) < 4.78 is 51.7. The maximum absolute atomic E-state index is 13.2. The summed E-state index contributed by atoms with van der Waals surface area (Å²) >= 11 is 0. The van der Waals surface area contributed by atoms with Crippen molar-refractivity contribution < 1.29 is 27.4 Å². The van der Waals surface area contributed by atoms with Gasteiger partial charge < -0.3 is 18.9 Å². The first kappa shape index (κ1) is 25.9. The Hall–Kier alpha value is -4.76. The number of fused-ring (bicyclic) bond motifs is 1. The number of pyridine rings is 1. The van der Waals surface area contributed by atoms with Crippen LogP contribution in [0.15, 0.2) is 102 Å². The summed E-state index contributed by atoms with van der Waals surface area (Å²) in [5.74, 6) is 3.27. The van der Waals surface area contributed by atoms with Crippen LogP contribution in [0.5, 0.6) is 34.5 Å². The molecule has 5 rings (SSSR count). The molecule has 0 saturated carbocycles. The molecule has 198 valence electrons. The molecule has 0 radical (unpaired) electrons. The van der Waals surface area contributed by atoms with Crippen LogP contribution in [0.4, 0.5) is 5.69 Å². The summed E-state index contributed by atoms with van der Waals surface area (Å²) in [6, 6.07) is 26.0. The summed E-state index contributed by atoms with van der Waals surface area (Å²) in [5, 5.41) is 0.746. The molecular weight excluding hydrogens is 516 g/mol. The van der Waals surface area contributed by atoms with E-state index in [1.165, 1.54) is 12.1 Å². The van der Waals surface area contributed by atoms with Gasteiger partial charge in [-0.15, -0.1) is 0 Å². The van der Waals surface area contributed by atoms with Crippen molar-refractivity contribution in [3.8, 4) is 34.5 Å². The first-order valence-corrected chi connectivity index (χ1v) is 13.5. The van der Waals surface area contributed by atoms with E-state index in [-0.39, 0.29) is 4.90 Å². The molecule has 0 spiro atoms. The molecule has 9 heteroatoms. The second-order valence-corrected chi connectivity index (χ2v) is 10.3. The van der Waals surface area contributed by atoms with Gasteiger partial charge in [0.05, 0.1) is 30.3 Å². The number of methoxy groups -OCH3 is 2. The summed E-state index contributed by atoms with van der Waals surface area (Å²) in [6.07, 6.45) is 1.65. The van der Waals surface area contributed by atoms with Crippen molar-refractivity contribution in [2.24, 2.45) is 0 Å². The Bertz CT molecular complexity index is 1740. The Balaban J connectivity index is 1.36. The highest BCUT2D eigenvalue weighted by molar-refractivity contribution is 7.92. The standard InChI is InChI=1S/C30H26N2O6S/c1-20-16-23(38-28-14-15-31-27-19-30(36-3)29(35-2)18-25(27)28)12-13-26(20)32-39(33,34)24-11-7-10-22(17-24)37-21-8-5-4-6-9-21/h4-19,32H,1-3H3. The molecule has 0 aliphatic carbocycles. The minimum absolute atomic E-state index is 0.0864. The van der Waals surface area contributed by atoms with E-state index in [1.54, 1.807) is 81.9 Å². The molecule has 0 fully saturated rings. The fourth-order valence-corrected chi connectivity index (χ4v) is 5.18. The van der Waals surface area contributed by atoms with Crippen molar-refractivity contribution in [2.75, 3.05) is 18.9 Å². The zero-order valence-corrected chi connectivity index (χ0v) is 22.4. The fraction of sp³-hybridized carbons (Fsp3) is 0.100. The third-order valence-corrected chi connectivity index (χ3v) is 7.33. The Morgan fingerprint density at radius 1 is 0.692 bits per heavy atom. The van der Waals surface area contributed by atoms with E-state index in [9.17, 15) is 8.42 Å². The predicted molar refractivity (Wildman–Crippen MR) is 150 cm³/mol. The lowest BCUT2D eigenvalue weighted by molar-refractivity contribution is 0.355. The highest BCUT2D eigenvalue weighted by Crippen LogP contribution is 2.37. The van der Waals surface area contributed by atoms with Crippen molar-refractivity contribution in [1.29, 1.82) is 0 Å². The number of ether oxygens (including phenoxy) is 4. The molecule has 0 bridgehead atoms. The number of hydrogen-bond donors (Lipinski definition) is 1. The fourth-order valence-electron chi connectivity index (χ4n) is 4.01. The van der Waals surface area contributed by atoms with E-state index in [0.717, 1.165) is 5.39 Å². The quantitative estimate of drug-likeness (QED) is 0.215. The SMILES string of the molecule is COc1cc2nccc(Oc3ccc(NS(=O)(=O)c4cccc(Oc5ccccc5)c4)c(C)c3)c2cc1OC. The van der Waals surface area contributed by atoms with Crippen LogP contribution in [0.2, 0.25) is 0 Å². The van der Waals surface area contributed by atoms with Gasteiger partial charge in [0.25, 0.3) is 10.0 Å². The van der Waals surface area contributed by atoms with Gasteiger partial charge in [-0.05, 0) is 67.1 Å². The largest absolute Gasteiger partial charge is 0.493 e. The Morgan fingerprint density at radius 2 is 1.41 bits per heavy atom. The second-order valence-electron chi connectivity index (χ2n) is 8.61. The number of hydrogen-bond acceptors (Lipinski definition) is 7. The minimum atomic E-state index is -3.87. The van der Waals surface area contributed by atoms with Gasteiger partial charge in [0.1, 0.15) is 23.0 Å². The number of aromatic nitrogens is 1. The van der Waals surface area contributed by atoms with Crippen LogP contribution in [-0.2, 0) is 10.0 Å². The molecule has 39 heavy (non-hydrogen) atoms. The zero-order valence-electron chi connectivity index (χ0n) is 21.5. The molecule has 0 atom stereocenters. The zero-order chi connectivity index (χ0) is 27.4. The molecule has 5 aromatic rings. The molecule has 0 unspecified atom stereocenters. The lowest BCUT2D eigenvalue weighted by Crippen LogP contribution is -2.13. The van der Waals surface area contributed by atoms with E-state index in [4.69, 9.17) is 18.9 Å². The van der Waals surface area contributed by atoms with Crippen molar-refractivity contribution in [3.63, 3.8) is 0 Å². The van der Waals surface area contributed by atoms with Crippen molar-refractivity contribution in [2.45, 2.75) is 11.8 Å². The average Bonchev–Trinajstić information content (AvgIpc) is 2.94. The molecule has 0 amide bonds. The third-order valence-electron chi connectivity index (χ3n) is 5.97. The number of para-hydroxylation sites is 1. The van der Waals surface area contributed by atoms with Crippen LogP contribution >= 0.6 is 0 Å². The monoisotopic (exact) mass is 542 g/mol. The van der Waals surface area contributed by atoms with E-state index >= 15 is 0 Å². The number of rotatable bonds is 9. The Morgan fingerprint density at radius 3 is 2.15 bits per heavy atom. The number of benzene rings is 4. The first-order chi connectivity index (χ1) is 18.9. The number of nitrogens with one attached hydrogen (secondary N) is 1. The van der Waals surface area contributed by atoms with E-state index in [1.807, 2.05) is 24.3 Å². The molecule has 0 saturated heterocycles. The van der Waals surface area contributed by atoms with Crippen molar-refractivity contribution >= 4 is 26.6 Å². The highest BCUT2D eigenvalue weighted by atomic mass is 32.2. The Kier molecular flexibility index (Phi) is 7.25. The van der Waals surface area contributed by atoms with Crippen LogP contribution in [-0.4, -0.2) is 27.6 Å². The molecule has 1 N–H and O–H groups in total. The highest BCUT2D eigenvalue weighted by Gasteiger charge is 2.17. The topological polar surface area (TPSA) is 96.0 Å². The summed E-state index contributed by atoms with van der Waals surface area (Å²) in [5.41, 5.74) is 1.80. The van der Waals surface area contributed by atoms with Gasteiger partial charge in [0.15, 0.2) is 11.5 Å². The van der Waals surface area contributed by atoms with Gasteiger partial charge in [-0.25, -0.2) is 8.42 Å². The van der Waals surface area contributed by atoms with E-state index in [2.05, 4.69) is 9.71 Å². The molecule has 1 heterocycles. The minimum Gasteiger partial charge on any atom is -0.493 e. The van der Waals surface area contributed by atoms with Gasteiger partial charge in [0.2, 0.25) is 0 Å². The van der Waals surface area contributed by atoms with E-state index in [0.29, 0.717) is 51.3 Å². The average molecular weight is 543 g/mol. The summed E-state index contributed by atoms with van der Waals surface area (Å²) in [7, 11) is -0.737. The molecule has 4 aromatic carbocycles. The number of anilines is 1. The van der Waals surface area contributed by atoms with Gasteiger partial charge in [-0.3, -0.25) is 9.71 Å². The second kappa shape index (κ2) is 10.9. The smallest absolute Gasteiger partial charge is 0.262 e.